The summed E-state index contributed by atoms with van der Waals surface area (Å²) in [6, 6.07) is -0.0929. The number of hydrogen-bond donors (Lipinski definition) is 1. The number of esters is 1. The average Bonchev–Trinajstić information content (AvgIpc) is 2.00. The molecule has 0 saturated heterocycles. The minimum atomic E-state index is -0.259. The Labute approximate surface area is 90.4 Å². The van der Waals surface area contributed by atoms with Crippen molar-refractivity contribution in [2.75, 3.05) is 13.6 Å². The van der Waals surface area contributed by atoms with Crippen molar-refractivity contribution in [3.8, 4) is 0 Å². The Morgan fingerprint density at radius 2 is 2.00 bits per heavy atom. The maximum Gasteiger partial charge on any atom is 0.320 e. The van der Waals surface area contributed by atoms with Crippen molar-refractivity contribution in [1.82, 2.24) is 4.90 Å². The molecule has 0 aromatic carbocycles. The fourth-order valence-corrected chi connectivity index (χ4v) is 1.04. The van der Waals surface area contributed by atoms with E-state index in [1.165, 1.54) is 0 Å². The summed E-state index contributed by atoms with van der Waals surface area (Å²) in [6.07, 6.45) is -0.0870. The van der Waals surface area contributed by atoms with Gasteiger partial charge in [0.2, 0.25) is 0 Å². The van der Waals surface area contributed by atoms with Gasteiger partial charge in [0.05, 0.1) is 23.7 Å². The van der Waals surface area contributed by atoms with Crippen molar-refractivity contribution in [3.63, 3.8) is 0 Å². The van der Waals surface area contributed by atoms with E-state index in [9.17, 15) is 4.79 Å². The molecule has 0 spiro atoms. The number of rotatable bonds is 5. The lowest BCUT2D eigenvalue weighted by atomic mass is 10.3. The molecule has 0 aliphatic rings. The van der Waals surface area contributed by atoms with Gasteiger partial charge >= 0.3 is 5.97 Å². The maximum atomic E-state index is 11.2. The van der Waals surface area contributed by atoms with Crippen LogP contribution in [0, 0.1) is 0 Å². The summed E-state index contributed by atoms with van der Waals surface area (Å²) in [5.41, 5.74) is 5.45. The molecule has 0 aliphatic carbocycles. The second kappa shape index (κ2) is 5.93. The van der Waals surface area contributed by atoms with Gasteiger partial charge in [-0.15, -0.1) is 0 Å². The second-order valence-electron chi connectivity index (χ2n) is 3.53. The molecule has 0 aromatic heterocycles. The molecule has 2 N–H and O–H groups in total. The Balaban J connectivity index is 3.99. The van der Waals surface area contributed by atoms with Crippen LogP contribution in [0.25, 0.3) is 0 Å². The van der Waals surface area contributed by atoms with Crippen molar-refractivity contribution in [3.05, 3.63) is 0 Å². The number of thiocarbonyl (C=S) groups is 1. The topological polar surface area (TPSA) is 55.6 Å². The minimum absolute atomic E-state index is 0.0870. The molecule has 82 valence electrons. The van der Waals surface area contributed by atoms with E-state index in [4.69, 9.17) is 22.7 Å². The fraction of sp³-hybridized carbons (Fsp3) is 0.778. The largest absolute Gasteiger partial charge is 0.462 e. The maximum absolute atomic E-state index is 11.2. The summed E-state index contributed by atoms with van der Waals surface area (Å²) in [4.78, 5) is 13.4. The zero-order valence-electron chi connectivity index (χ0n) is 9.11. The van der Waals surface area contributed by atoms with Crippen LogP contribution in [0.15, 0.2) is 0 Å². The van der Waals surface area contributed by atoms with E-state index >= 15 is 0 Å². The first-order valence-corrected chi connectivity index (χ1v) is 4.94. The van der Waals surface area contributed by atoms with Gasteiger partial charge < -0.3 is 10.5 Å². The Kier molecular flexibility index (Phi) is 5.64. The number of likely N-dealkylation sites (N-methyl/N-ethyl adjacent to an activating group) is 1. The predicted octanol–water partition coefficient (Wildman–Crippen LogP) is 0.544. The van der Waals surface area contributed by atoms with Gasteiger partial charge in [0.15, 0.2) is 0 Å². The molecule has 5 heteroatoms. The van der Waals surface area contributed by atoms with Gasteiger partial charge in [0.1, 0.15) is 0 Å². The summed E-state index contributed by atoms with van der Waals surface area (Å²) < 4.78 is 4.99. The standard InChI is InChI=1S/C9H18N2O2S/c1-6(2)13-8(12)5-11(4)7(3)9(10)14/h6-7H,5H2,1-4H3,(H2,10,14). The molecule has 4 nitrogen and oxygen atoms in total. The van der Waals surface area contributed by atoms with Crippen molar-refractivity contribution < 1.29 is 9.53 Å². The lowest BCUT2D eigenvalue weighted by molar-refractivity contribution is -0.148. The van der Waals surface area contributed by atoms with Crippen LogP contribution in [0.4, 0.5) is 0 Å². The molecule has 14 heavy (non-hydrogen) atoms. The molecule has 0 fully saturated rings. The summed E-state index contributed by atoms with van der Waals surface area (Å²) in [6.45, 7) is 5.69. The highest BCUT2D eigenvalue weighted by molar-refractivity contribution is 7.80. The van der Waals surface area contributed by atoms with Crippen LogP contribution in [0.2, 0.25) is 0 Å². The number of carbonyl (C=O) groups is 1. The third-order valence-electron chi connectivity index (χ3n) is 1.82. The van der Waals surface area contributed by atoms with Crippen LogP contribution in [0.3, 0.4) is 0 Å². The molecule has 1 unspecified atom stereocenters. The highest BCUT2D eigenvalue weighted by Gasteiger charge is 2.16. The van der Waals surface area contributed by atoms with Gasteiger partial charge in [-0.25, -0.2) is 0 Å². The quantitative estimate of drug-likeness (QED) is 0.539. The van der Waals surface area contributed by atoms with Gasteiger partial charge in [0, 0.05) is 0 Å². The van der Waals surface area contributed by atoms with Gasteiger partial charge in [-0.1, -0.05) is 12.2 Å². The lowest BCUT2D eigenvalue weighted by Gasteiger charge is -2.22. The molecule has 0 heterocycles. The van der Waals surface area contributed by atoms with E-state index in [1.54, 1.807) is 11.9 Å². The Bertz CT molecular complexity index is 219. The zero-order valence-corrected chi connectivity index (χ0v) is 9.93. The van der Waals surface area contributed by atoms with Crippen LogP contribution < -0.4 is 5.73 Å². The first-order valence-electron chi connectivity index (χ1n) is 4.53. The van der Waals surface area contributed by atoms with E-state index in [-0.39, 0.29) is 24.7 Å². The van der Waals surface area contributed by atoms with Crippen molar-refractivity contribution in [1.29, 1.82) is 0 Å². The number of ether oxygens (including phenoxy) is 1. The SMILES string of the molecule is CC(C)OC(=O)CN(C)C(C)C(N)=S. The van der Waals surface area contributed by atoms with E-state index < -0.39 is 0 Å². The molecule has 0 rings (SSSR count). The van der Waals surface area contributed by atoms with Crippen molar-refractivity contribution in [2.24, 2.45) is 5.73 Å². The molecular formula is C9H18N2O2S. The molecule has 0 radical (unpaired) electrons. The molecule has 0 aromatic rings. The molecule has 1 atom stereocenters. The van der Waals surface area contributed by atoms with Gasteiger partial charge in [-0.05, 0) is 27.8 Å². The molecular weight excluding hydrogens is 200 g/mol. The fourth-order valence-electron chi connectivity index (χ4n) is 0.858. The van der Waals surface area contributed by atoms with Crippen LogP contribution in [-0.2, 0) is 9.53 Å². The predicted molar refractivity (Wildman–Crippen MR) is 60.1 cm³/mol. The smallest absolute Gasteiger partial charge is 0.320 e. The number of nitrogens with zero attached hydrogens (tertiary/aromatic N) is 1. The summed E-state index contributed by atoms with van der Waals surface area (Å²) in [5.74, 6) is -0.259. The van der Waals surface area contributed by atoms with E-state index in [2.05, 4.69) is 0 Å². The van der Waals surface area contributed by atoms with Crippen LogP contribution in [-0.4, -0.2) is 41.6 Å². The zero-order chi connectivity index (χ0) is 11.3. The third kappa shape index (κ3) is 5.14. The van der Waals surface area contributed by atoms with Gasteiger partial charge in [0.25, 0.3) is 0 Å². The van der Waals surface area contributed by atoms with Crippen LogP contribution in [0.1, 0.15) is 20.8 Å². The number of nitrogens with two attached hydrogens (primary N) is 1. The normalized spacial score (nSPS) is 13.0. The molecule has 0 saturated carbocycles. The first kappa shape index (κ1) is 13.3. The average molecular weight is 218 g/mol. The summed E-state index contributed by atoms with van der Waals surface area (Å²) >= 11 is 4.82. The summed E-state index contributed by atoms with van der Waals surface area (Å²) in [5, 5.41) is 0. The van der Waals surface area contributed by atoms with Crippen LogP contribution in [0.5, 0.6) is 0 Å². The van der Waals surface area contributed by atoms with E-state index in [1.807, 2.05) is 20.8 Å². The van der Waals surface area contributed by atoms with Crippen molar-refractivity contribution >= 4 is 23.2 Å². The van der Waals surface area contributed by atoms with Crippen LogP contribution >= 0.6 is 12.2 Å². The molecule has 0 bridgehead atoms. The first-order chi connectivity index (χ1) is 6.34. The Morgan fingerprint density at radius 1 is 1.50 bits per heavy atom. The van der Waals surface area contributed by atoms with Crippen molar-refractivity contribution in [2.45, 2.75) is 32.9 Å². The lowest BCUT2D eigenvalue weighted by Crippen LogP contribution is -2.42. The third-order valence-corrected chi connectivity index (χ3v) is 2.16. The highest BCUT2D eigenvalue weighted by atomic mass is 32.1. The van der Waals surface area contributed by atoms with Gasteiger partial charge in [-0.3, -0.25) is 9.69 Å². The monoisotopic (exact) mass is 218 g/mol. The second-order valence-corrected chi connectivity index (χ2v) is 4.00. The molecule has 0 amide bonds. The number of hydrogen-bond acceptors (Lipinski definition) is 4. The summed E-state index contributed by atoms with van der Waals surface area (Å²) in [7, 11) is 1.78. The number of carbonyl (C=O) groups excluding carboxylic acids is 1. The Hall–Kier alpha value is -0.680. The highest BCUT2D eigenvalue weighted by Crippen LogP contribution is 1.97. The van der Waals surface area contributed by atoms with Gasteiger partial charge in [-0.2, -0.15) is 0 Å². The molecule has 0 aliphatic heterocycles. The van der Waals surface area contributed by atoms with E-state index in [0.29, 0.717) is 4.99 Å². The van der Waals surface area contributed by atoms with E-state index in [0.717, 1.165) is 0 Å². The Morgan fingerprint density at radius 3 is 2.36 bits per heavy atom. The minimum Gasteiger partial charge on any atom is -0.462 e.